The first-order valence-electron chi connectivity index (χ1n) is 9.01. The molecule has 0 saturated heterocycles. The van der Waals surface area contributed by atoms with Gasteiger partial charge in [0.25, 0.3) is 11.5 Å². The molecule has 1 atom stereocenters. The van der Waals surface area contributed by atoms with Crippen LogP contribution in [0, 0.1) is 11.7 Å². The number of carbonyl (C=O) groups excluding carboxylic acids is 1. The highest BCUT2D eigenvalue weighted by molar-refractivity contribution is 5.92. The van der Waals surface area contributed by atoms with Crippen molar-refractivity contribution in [2.75, 3.05) is 0 Å². The van der Waals surface area contributed by atoms with Crippen molar-refractivity contribution >= 4 is 5.91 Å². The monoisotopic (exact) mass is 395 g/mol. The number of H-pyrrole nitrogens is 1. The molecule has 0 radical (unpaired) electrons. The zero-order valence-electron chi connectivity index (χ0n) is 14.6. The molecule has 2 aliphatic carbocycles. The molecule has 0 unspecified atom stereocenters. The summed E-state index contributed by atoms with van der Waals surface area (Å²) in [4.78, 5) is 31.2. The zero-order chi connectivity index (χ0) is 20.1. The molecule has 5 nitrogen and oxygen atoms in total. The Hall–Kier alpha value is -2.71. The average molecular weight is 395 g/mol. The van der Waals surface area contributed by atoms with Crippen LogP contribution in [-0.4, -0.2) is 15.9 Å². The number of hydrogen-bond acceptors (Lipinski definition) is 3. The summed E-state index contributed by atoms with van der Waals surface area (Å²) < 4.78 is 52.3. The number of nitrogens with one attached hydrogen (secondary N) is 2. The molecule has 1 amide bonds. The van der Waals surface area contributed by atoms with Crippen molar-refractivity contribution in [2.24, 2.45) is 5.92 Å². The standard InChI is InChI=1S/C19H17F4N3O2/c20-13-7-11(5-6-12(13)19(21,22)23)16(9-1-2-9)26-18(28)14-8-15(27)25-17(24-14)10-3-4-10/h5-10,16H,1-4H2,(H,26,28)(H,24,25,27)/t16-/m1/s1. The van der Waals surface area contributed by atoms with E-state index < -0.39 is 35.1 Å². The second kappa shape index (κ2) is 6.72. The number of hydrogen-bond donors (Lipinski definition) is 2. The lowest BCUT2D eigenvalue weighted by molar-refractivity contribution is -0.140. The van der Waals surface area contributed by atoms with E-state index in [1.165, 1.54) is 6.07 Å². The van der Waals surface area contributed by atoms with E-state index in [0.29, 0.717) is 11.9 Å². The maximum absolute atomic E-state index is 14.0. The Morgan fingerprint density at radius 3 is 2.46 bits per heavy atom. The quantitative estimate of drug-likeness (QED) is 0.759. The van der Waals surface area contributed by atoms with E-state index in [4.69, 9.17) is 0 Å². The van der Waals surface area contributed by atoms with E-state index >= 15 is 0 Å². The van der Waals surface area contributed by atoms with Gasteiger partial charge in [-0.3, -0.25) is 9.59 Å². The Labute approximate surface area is 157 Å². The van der Waals surface area contributed by atoms with Crippen LogP contribution in [-0.2, 0) is 6.18 Å². The molecule has 1 aromatic heterocycles. The summed E-state index contributed by atoms with van der Waals surface area (Å²) in [7, 11) is 0. The number of alkyl halides is 3. The van der Waals surface area contributed by atoms with Crippen molar-refractivity contribution in [3.05, 3.63) is 63.1 Å². The summed E-state index contributed by atoms with van der Waals surface area (Å²) >= 11 is 0. The van der Waals surface area contributed by atoms with Gasteiger partial charge >= 0.3 is 6.18 Å². The van der Waals surface area contributed by atoms with Crippen LogP contribution in [0.15, 0.2) is 29.1 Å². The van der Waals surface area contributed by atoms with Crippen LogP contribution < -0.4 is 10.9 Å². The summed E-state index contributed by atoms with van der Waals surface area (Å²) in [6.45, 7) is 0. The normalized spacial score (nSPS) is 18.0. The number of aromatic amines is 1. The van der Waals surface area contributed by atoms with Gasteiger partial charge in [0.2, 0.25) is 0 Å². The lowest BCUT2D eigenvalue weighted by Crippen LogP contribution is -2.32. The molecule has 148 valence electrons. The third-order valence-electron chi connectivity index (χ3n) is 4.99. The molecule has 1 heterocycles. The Bertz CT molecular complexity index is 978. The first-order chi connectivity index (χ1) is 13.2. The number of benzene rings is 1. The molecule has 28 heavy (non-hydrogen) atoms. The van der Waals surface area contributed by atoms with Crippen molar-refractivity contribution in [1.29, 1.82) is 0 Å². The van der Waals surface area contributed by atoms with E-state index in [1.54, 1.807) is 0 Å². The van der Waals surface area contributed by atoms with Crippen molar-refractivity contribution in [3.63, 3.8) is 0 Å². The fourth-order valence-electron chi connectivity index (χ4n) is 3.22. The minimum Gasteiger partial charge on any atom is -0.344 e. The van der Waals surface area contributed by atoms with Crippen LogP contribution >= 0.6 is 0 Å². The SMILES string of the molecule is O=C(N[C@@H](c1ccc(C(F)(F)F)c(F)c1)C1CC1)c1cc(=O)[nH]c(C2CC2)n1. The first-order valence-corrected chi connectivity index (χ1v) is 9.01. The maximum atomic E-state index is 14.0. The van der Waals surface area contributed by atoms with Gasteiger partial charge in [-0.1, -0.05) is 6.07 Å². The predicted octanol–water partition coefficient (Wildman–Crippen LogP) is 3.69. The number of amides is 1. The molecule has 4 rings (SSSR count). The minimum atomic E-state index is -4.78. The number of carbonyl (C=O) groups is 1. The van der Waals surface area contributed by atoms with Crippen molar-refractivity contribution in [2.45, 2.75) is 43.8 Å². The molecule has 0 spiro atoms. The van der Waals surface area contributed by atoms with Crippen LogP contribution in [0.2, 0.25) is 0 Å². The van der Waals surface area contributed by atoms with Gasteiger partial charge in [0.15, 0.2) is 0 Å². The molecule has 0 bridgehead atoms. The van der Waals surface area contributed by atoms with Gasteiger partial charge in [0.05, 0.1) is 11.6 Å². The van der Waals surface area contributed by atoms with Gasteiger partial charge in [-0.15, -0.1) is 0 Å². The van der Waals surface area contributed by atoms with Crippen LogP contribution in [0.5, 0.6) is 0 Å². The third kappa shape index (κ3) is 3.93. The first kappa shape index (κ1) is 18.6. The van der Waals surface area contributed by atoms with E-state index in [-0.39, 0.29) is 23.1 Å². The molecular formula is C19H17F4N3O2. The summed E-state index contributed by atoms with van der Waals surface area (Å²) in [5.74, 6) is -1.38. The fraction of sp³-hybridized carbons (Fsp3) is 0.421. The molecule has 2 aliphatic rings. The van der Waals surface area contributed by atoms with Crippen LogP contribution in [0.3, 0.4) is 0 Å². The number of rotatable bonds is 5. The molecular weight excluding hydrogens is 378 g/mol. The predicted molar refractivity (Wildman–Crippen MR) is 91.2 cm³/mol. The maximum Gasteiger partial charge on any atom is 0.419 e. The van der Waals surface area contributed by atoms with Crippen molar-refractivity contribution in [3.8, 4) is 0 Å². The lowest BCUT2D eigenvalue weighted by Gasteiger charge is -2.20. The van der Waals surface area contributed by atoms with Crippen LogP contribution in [0.25, 0.3) is 0 Å². The second-order valence-corrected chi connectivity index (χ2v) is 7.32. The molecule has 2 fully saturated rings. The largest absolute Gasteiger partial charge is 0.419 e. The number of halogens is 4. The second-order valence-electron chi connectivity index (χ2n) is 7.32. The van der Waals surface area contributed by atoms with Crippen LogP contribution in [0.1, 0.15) is 65.1 Å². The summed E-state index contributed by atoms with van der Waals surface area (Å²) in [6, 6.07) is 3.11. The molecule has 0 aliphatic heterocycles. The van der Waals surface area contributed by atoms with E-state index in [1.807, 2.05) is 0 Å². The Kier molecular flexibility index (Phi) is 4.47. The van der Waals surface area contributed by atoms with Crippen molar-refractivity contribution in [1.82, 2.24) is 15.3 Å². The minimum absolute atomic E-state index is 0.00462. The Morgan fingerprint density at radius 2 is 1.89 bits per heavy atom. The van der Waals surface area contributed by atoms with Gasteiger partial charge in [0.1, 0.15) is 17.3 Å². The van der Waals surface area contributed by atoms with E-state index in [2.05, 4.69) is 15.3 Å². The van der Waals surface area contributed by atoms with E-state index in [0.717, 1.165) is 37.8 Å². The van der Waals surface area contributed by atoms with Gasteiger partial charge in [0, 0.05) is 12.0 Å². The molecule has 2 N–H and O–H groups in total. The van der Waals surface area contributed by atoms with Gasteiger partial charge in [-0.25, -0.2) is 9.37 Å². The summed E-state index contributed by atoms with van der Waals surface area (Å²) in [5.41, 5.74) is -1.58. The summed E-state index contributed by atoms with van der Waals surface area (Å²) in [5, 5.41) is 2.71. The fourth-order valence-corrected chi connectivity index (χ4v) is 3.22. The van der Waals surface area contributed by atoms with Gasteiger partial charge in [-0.2, -0.15) is 13.2 Å². The number of aromatic nitrogens is 2. The zero-order valence-corrected chi connectivity index (χ0v) is 14.6. The van der Waals surface area contributed by atoms with Crippen molar-refractivity contribution < 1.29 is 22.4 Å². The topological polar surface area (TPSA) is 74.8 Å². The Morgan fingerprint density at radius 1 is 1.18 bits per heavy atom. The average Bonchev–Trinajstić information content (AvgIpc) is 3.50. The Balaban J connectivity index is 1.59. The highest BCUT2D eigenvalue weighted by Gasteiger charge is 2.37. The van der Waals surface area contributed by atoms with E-state index in [9.17, 15) is 27.2 Å². The molecule has 1 aromatic carbocycles. The molecule has 2 saturated carbocycles. The molecule has 2 aromatic rings. The van der Waals surface area contributed by atoms with Crippen LogP contribution in [0.4, 0.5) is 17.6 Å². The highest BCUT2D eigenvalue weighted by atomic mass is 19.4. The summed E-state index contributed by atoms with van der Waals surface area (Å²) in [6.07, 6.45) is -1.46. The highest BCUT2D eigenvalue weighted by Crippen LogP contribution is 2.42. The van der Waals surface area contributed by atoms with Gasteiger partial charge in [-0.05, 0) is 49.3 Å². The molecule has 9 heteroatoms. The number of nitrogens with zero attached hydrogens (tertiary/aromatic N) is 1. The smallest absolute Gasteiger partial charge is 0.344 e. The van der Waals surface area contributed by atoms with Gasteiger partial charge < -0.3 is 10.3 Å². The third-order valence-corrected chi connectivity index (χ3v) is 4.99. The lowest BCUT2D eigenvalue weighted by atomic mass is 10.00.